The summed E-state index contributed by atoms with van der Waals surface area (Å²) in [6.07, 6.45) is 4.05. The third kappa shape index (κ3) is 6.67. The number of hydrogen-bond acceptors (Lipinski definition) is 3. The molecular formula is C28H34N4O2. The van der Waals surface area contributed by atoms with Crippen LogP contribution in [0.2, 0.25) is 0 Å². The van der Waals surface area contributed by atoms with E-state index in [0.29, 0.717) is 12.4 Å². The number of carbonyl (C=O) groups is 2. The Labute approximate surface area is 202 Å². The first-order valence-electron chi connectivity index (χ1n) is 11.7. The average molecular weight is 459 g/mol. The smallest absolute Gasteiger partial charge is 0.247 e. The molecule has 178 valence electrons. The van der Waals surface area contributed by atoms with Crippen molar-refractivity contribution in [3.05, 3.63) is 83.6 Å². The lowest BCUT2D eigenvalue weighted by Gasteiger charge is -2.20. The minimum atomic E-state index is -0.261. The Balaban J connectivity index is 1.78. The van der Waals surface area contributed by atoms with Gasteiger partial charge in [-0.3, -0.25) is 9.59 Å². The number of hydrogen-bond donors (Lipinski definition) is 1. The number of rotatable bonds is 8. The van der Waals surface area contributed by atoms with Gasteiger partial charge in [-0.1, -0.05) is 75.7 Å². The van der Waals surface area contributed by atoms with E-state index in [1.54, 1.807) is 15.7 Å². The predicted octanol–water partition coefficient (Wildman–Crippen LogP) is 5.37. The summed E-state index contributed by atoms with van der Waals surface area (Å²) in [6, 6.07) is 19.5. The van der Waals surface area contributed by atoms with Crippen molar-refractivity contribution in [1.82, 2.24) is 14.7 Å². The third-order valence-corrected chi connectivity index (χ3v) is 5.38. The van der Waals surface area contributed by atoms with E-state index in [1.165, 1.54) is 6.08 Å². The van der Waals surface area contributed by atoms with Crippen molar-refractivity contribution < 1.29 is 9.59 Å². The Bertz CT molecular complexity index is 1140. The maximum Gasteiger partial charge on any atom is 0.247 e. The van der Waals surface area contributed by atoms with Crippen LogP contribution in [-0.4, -0.2) is 39.6 Å². The standard InChI is InChI=1S/C28H34N4O2/c1-6-18-31(27(34)17-14-22-10-8-7-9-11-22)20-26(33)29-25-19-24(28(3,4)5)30-32(25)23-15-12-21(2)13-16-23/h7-17,19H,6,18,20H2,1-5H3,(H,29,33)/b17-14+. The highest BCUT2D eigenvalue weighted by Gasteiger charge is 2.22. The molecule has 0 saturated heterocycles. The maximum absolute atomic E-state index is 13.0. The number of carbonyl (C=O) groups excluding carboxylic acids is 2. The van der Waals surface area contributed by atoms with Gasteiger partial charge in [0.1, 0.15) is 12.4 Å². The van der Waals surface area contributed by atoms with Crippen molar-refractivity contribution in [2.24, 2.45) is 0 Å². The molecule has 0 aliphatic rings. The molecule has 34 heavy (non-hydrogen) atoms. The van der Waals surface area contributed by atoms with Gasteiger partial charge in [-0.15, -0.1) is 0 Å². The fourth-order valence-corrected chi connectivity index (χ4v) is 3.45. The SMILES string of the molecule is CCCN(CC(=O)Nc1cc(C(C)(C)C)nn1-c1ccc(C)cc1)C(=O)/C=C/c1ccccc1. The Morgan fingerprint density at radius 3 is 2.35 bits per heavy atom. The topological polar surface area (TPSA) is 67.2 Å². The number of nitrogens with zero attached hydrogens (tertiary/aromatic N) is 3. The van der Waals surface area contributed by atoms with E-state index >= 15 is 0 Å². The second-order valence-electron chi connectivity index (χ2n) is 9.46. The summed E-state index contributed by atoms with van der Waals surface area (Å²) in [5.74, 6) is 0.134. The molecule has 3 rings (SSSR count). The summed E-state index contributed by atoms with van der Waals surface area (Å²) in [6.45, 7) is 10.7. The lowest BCUT2D eigenvalue weighted by molar-refractivity contribution is -0.130. The maximum atomic E-state index is 13.0. The van der Waals surface area contributed by atoms with E-state index in [4.69, 9.17) is 5.10 Å². The van der Waals surface area contributed by atoms with Gasteiger partial charge >= 0.3 is 0 Å². The summed E-state index contributed by atoms with van der Waals surface area (Å²) < 4.78 is 1.75. The molecule has 1 N–H and O–H groups in total. The fourth-order valence-electron chi connectivity index (χ4n) is 3.45. The van der Waals surface area contributed by atoms with Crippen molar-refractivity contribution in [2.45, 2.75) is 46.5 Å². The molecule has 0 spiro atoms. The van der Waals surface area contributed by atoms with Crippen LogP contribution in [0.5, 0.6) is 0 Å². The number of aromatic nitrogens is 2. The normalized spacial score (nSPS) is 11.6. The van der Waals surface area contributed by atoms with Crippen LogP contribution in [0.4, 0.5) is 5.82 Å². The number of anilines is 1. The molecule has 0 aliphatic carbocycles. The molecule has 0 bridgehead atoms. The molecule has 2 aromatic carbocycles. The summed E-state index contributed by atoms with van der Waals surface area (Å²) in [5.41, 5.74) is 3.64. The number of aryl methyl sites for hydroxylation is 1. The van der Waals surface area contributed by atoms with E-state index in [2.05, 4.69) is 26.1 Å². The largest absolute Gasteiger partial charge is 0.330 e. The van der Waals surface area contributed by atoms with Crippen molar-refractivity contribution in [3.63, 3.8) is 0 Å². The van der Waals surface area contributed by atoms with Gasteiger partial charge in [0, 0.05) is 24.1 Å². The van der Waals surface area contributed by atoms with Crippen LogP contribution in [0.1, 0.15) is 50.9 Å². The first-order valence-corrected chi connectivity index (χ1v) is 11.7. The summed E-state index contributed by atoms with van der Waals surface area (Å²) in [4.78, 5) is 27.4. The zero-order valence-electron chi connectivity index (χ0n) is 20.7. The number of nitrogens with one attached hydrogen (secondary N) is 1. The quantitative estimate of drug-likeness (QED) is 0.462. The molecule has 6 nitrogen and oxygen atoms in total. The number of benzene rings is 2. The third-order valence-electron chi connectivity index (χ3n) is 5.38. The monoisotopic (exact) mass is 458 g/mol. The van der Waals surface area contributed by atoms with E-state index in [-0.39, 0.29) is 23.8 Å². The molecule has 6 heteroatoms. The lowest BCUT2D eigenvalue weighted by atomic mass is 9.92. The molecule has 0 fully saturated rings. The highest BCUT2D eigenvalue weighted by atomic mass is 16.2. The van der Waals surface area contributed by atoms with Gasteiger partial charge in [0.2, 0.25) is 11.8 Å². The van der Waals surface area contributed by atoms with Crippen LogP contribution < -0.4 is 5.32 Å². The molecule has 2 amide bonds. The summed E-state index contributed by atoms with van der Waals surface area (Å²) in [7, 11) is 0. The van der Waals surface area contributed by atoms with Gasteiger partial charge in [0.25, 0.3) is 0 Å². The summed E-state index contributed by atoms with van der Waals surface area (Å²) >= 11 is 0. The van der Waals surface area contributed by atoms with Crippen LogP contribution in [0, 0.1) is 6.92 Å². The lowest BCUT2D eigenvalue weighted by Crippen LogP contribution is -2.37. The van der Waals surface area contributed by atoms with E-state index in [1.807, 2.05) is 74.5 Å². The zero-order chi connectivity index (χ0) is 24.7. The van der Waals surface area contributed by atoms with E-state index in [0.717, 1.165) is 28.9 Å². The van der Waals surface area contributed by atoms with Crippen LogP contribution in [-0.2, 0) is 15.0 Å². The molecule has 0 unspecified atom stereocenters. The Morgan fingerprint density at radius 1 is 1.06 bits per heavy atom. The van der Waals surface area contributed by atoms with Gasteiger partial charge in [-0.2, -0.15) is 5.10 Å². The van der Waals surface area contributed by atoms with Gasteiger partial charge in [-0.05, 0) is 37.1 Å². The highest BCUT2D eigenvalue weighted by Crippen LogP contribution is 2.26. The molecule has 0 saturated carbocycles. The molecule has 0 aliphatic heterocycles. The van der Waals surface area contributed by atoms with Gasteiger partial charge < -0.3 is 10.2 Å². The Kier molecular flexibility index (Phi) is 8.05. The van der Waals surface area contributed by atoms with E-state index in [9.17, 15) is 9.59 Å². The molecule has 0 radical (unpaired) electrons. The van der Waals surface area contributed by atoms with Gasteiger partial charge in [0.05, 0.1) is 11.4 Å². The second kappa shape index (κ2) is 11.0. The fraction of sp³-hybridized carbons (Fsp3) is 0.321. The minimum absolute atomic E-state index is 0.0320. The minimum Gasteiger partial charge on any atom is -0.330 e. The Hall–Kier alpha value is -3.67. The molecule has 0 atom stereocenters. The highest BCUT2D eigenvalue weighted by molar-refractivity contribution is 5.97. The van der Waals surface area contributed by atoms with Crippen molar-refractivity contribution in [1.29, 1.82) is 0 Å². The van der Waals surface area contributed by atoms with Crippen LogP contribution in [0.3, 0.4) is 0 Å². The molecule has 1 aromatic heterocycles. The van der Waals surface area contributed by atoms with Crippen LogP contribution >= 0.6 is 0 Å². The van der Waals surface area contributed by atoms with Crippen LogP contribution in [0.15, 0.2) is 66.7 Å². The molecule has 3 aromatic rings. The predicted molar refractivity (Wildman–Crippen MR) is 138 cm³/mol. The Morgan fingerprint density at radius 2 is 1.74 bits per heavy atom. The van der Waals surface area contributed by atoms with Crippen LogP contribution in [0.25, 0.3) is 11.8 Å². The average Bonchev–Trinajstić information content (AvgIpc) is 3.22. The second-order valence-corrected chi connectivity index (χ2v) is 9.46. The van der Waals surface area contributed by atoms with Crippen molar-refractivity contribution >= 4 is 23.7 Å². The van der Waals surface area contributed by atoms with Gasteiger partial charge in [-0.25, -0.2) is 4.68 Å². The first kappa shape index (κ1) is 25.0. The molecular weight excluding hydrogens is 424 g/mol. The molecule has 1 heterocycles. The van der Waals surface area contributed by atoms with Crippen molar-refractivity contribution in [3.8, 4) is 5.69 Å². The van der Waals surface area contributed by atoms with Crippen molar-refractivity contribution in [2.75, 3.05) is 18.4 Å². The number of amides is 2. The summed E-state index contributed by atoms with van der Waals surface area (Å²) in [5, 5.41) is 7.74. The van der Waals surface area contributed by atoms with E-state index < -0.39 is 0 Å². The first-order chi connectivity index (χ1) is 16.2. The zero-order valence-corrected chi connectivity index (χ0v) is 20.7. The van der Waals surface area contributed by atoms with Gasteiger partial charge in [0.15, 0.2) is 0 Å².